The largest absolute Gasteiger partial charge is 0.497 e. The molecule has 2 aromatic carbocycles. The van der Waals surface area contributed by atoms with Gasteiger partial charge in [-0.05, 0) is 29.8 Å². The molecule has 0 saturated heterocycles. The van der Waals surface area contributed by atoms with E-state index in [4.69, 9.17) is 4.74 Å². The van der Waals surface area contributed by atoms with Gasteiger partial charge in [-0.25, -0.2) is 0 Å². The molecule has 0 aliphatic carbocycles. The van der Waals surface area contributed by atoms with Crippen molar-refractivity contribution in [2.24, 2.45) is 0 Å². The normalized spacial score (nSPS) is 10.3. The number of carbonyl (C=O) groups excluding carboxylic acids is 2. The van der Waals surface area contributed by atoms with Crippen molar-refractivity contribution in [3.63, 3.8) is 0 Å². The van der Waals surface area contributed by atoms with Crippen LogP contribution in [-0.4, -0.2) is 31.1 Å². The van der Waals surface area contributed by atoms with Crippen LogP contribution in [0.1, 0.15) is 28.8 Å². The predicted octanol–water partition coefficient (Wildman–Crippen LogP) is 3.71. The van der Waals surface area contributed by atoms with E-state index in [-0.39, 0.29) is 24.5 Å². The van der Waals surface area contributed by atoms with E-state index in [9.17, 15) is 9.59 Å². The van der Waals surface area contributed by atoms with Crippen LogP contribution in [0, 0.1) is 0 Å². The van der Waals surface area contributed by atoms with Crippen molar-refractivity contribution in [1.29, 1.82) is 0 Å². The van der Waals surface area contributed by atoms with Crippen molar-refractivity contribution in [2.45, 2.75) is 18.6 Å². The van der Waals surface area contributed by atoms with Gasteiger partial charge in [0.25, 0.3) is 0 Å². The summed E-state index contributed by atoms with van der Waals surface area (Å²) in [4.78, 5) is 23.9. The highest BCUT2D eigenvalue weighted by atomic mass is 32.2. The van der Waals surface area contributed by atoms with Gasteiger partial charge in [0, 0.05) is 36.5 Å². The fourth-order valence-electron chi connectivity index (χ4n) is 2.26. The number of amides is 1. The van der Waals surface area contributed by atoms with Crippen LogP contribution in [0.5, 0.6) is 5.75 Å². The first-order valence-corrected chi connectivity index (χ1v) is 9.40. The number of hydrogen-bond acceptors (Lipinski definition) is 4. The highest BCUT2D eigenvalue weighted by Gasteiger charge is 2.09. The van der Waals surface area contributed by atoms with Crippen molar-refractivity contribution >= 4 is 23.5 Å². The highest BCUT2D eigenvalue weighted by Crippen LogP contribution is 2.13. The molecule has 0 radical (unpaired) electrons. The summed E-state index contributed by atoms with van der Waals surface area (Å²) in [6.07, 6.45) is 0.434. The Bertz CT molecular complexity index is 671. The second-order valence-corrected chi connectivity index (χ2v) is 6.64. The summed E-state index contributed by atoms with van der Waals surface area (Å²) in [5.74, 6) is 2.39. The quantitative estimate of drug-likeness (QED) is 0.520. The molecule has 0 bridgehead atoms. The molecule has 0 aliphatic rings. The number of ketones is 1. The van der Waals surface area contributed by atoms with Crippen molar-refractivity contribution in [1.82, 2.24) is 5.32 Å². The molecule has 4 nitrogen and oxygen atoms in total. The Balaban J connectivity index is 1.59. The topological polar surface area (TPSA) is 55.4 Å². The van der Waals surface area contributed by atoms with Gasteiger partial charge in [0.15, 0.2) is 5.78 Å². The minimum Gasteiger partial charge on any atom is -0.497 e. The average molecular weight is 357 g/mol. The predicted molar refractivity (Wildman–Crippen MR) is 102 cm³/mol. The molecule has 5 heteroatoms. The van der Waals surface area contributed by atoms with Gasteiger partial charge in [-0.2, -0.15) is 11.8 Å². The number of hydrogen-bond donors (Lipinski definition) is 1. The average Bonchev–Trinajstić information content (AvgIpc) is 2.66. The van der Waals surface area contributed by atoms with Gasteiger partial charge >= 0.3 is 0 Å². The third-order valence-corrected chi connectivity index (χ3v) is 4.70. The Morgan fingerprint density at radius 3 is 2.40 bits per heavy atom. The number of methoxy groups -OCH3 is 1. The van der Waals surface area contributed by atoms with Crippen molar-refractivity contribution in [3.05, 3.63) is 65.7 Å². The zero-order valence-electron chi connectivity index (χ0n) is 14.4. The molecule has 2 aromatic rings. The molecule has 2 rings (SSSR count). The summed E-state index contributed by atoms with van der Waals surface area (Å²) in [6, 6.07) is 17.2. The van der Waals surface area contributed by atoms with E-state index >= 15 is 0 Å². The van der Waals surface area contributed by atoms with Gasteiger partial charge in [-0.15, -0.1) is 0 Å². The summed E-state index contributed by atoms with van der Waals surface area (Å²) in [5.41, 5.74) is 1.89. The molecule has 132 valence electrons. The van der Waals surface area contributed by atoms with Gasteiger partial charge in [-0.3, -0.25) is 9.59 Å². The zero-order valence-corrected chi connectivity index (χ0v) is 15.2. The van der Waals surface area contributed by atoms with Crippen LogP contribution in [0.3, 0.4) is 0 Å². The van der Waals surface area contributed by atoms with Crippen LogP contribution in [0.4, 0.5) is 0 Å². The summed E-state index contributed by atoms with van der Waals surface area (Å²) in [6.45, 7) is 0.618. The molecule has 0 spiro atoms. The van der Waals surface area contributed by atoms with E-state index in [0.717, 1.165) is 11.5 Å². The molecule has 1 amide bonds. The van der Waals surface area contributed by atoms with E-state index in [2.05, 4.69) is 17.4 Å². The summed E-state index contributed by atoms with van der Waals surface area (Å²) in [7, 11) is 1.58. The van der Waals surface area contributed by atoms with Gasteiger partial charge in [-0.1, -0.05) is 30.3 Å². The number of ether oxygens (including phenoxy) is 1. The Labute approximate surface area is 153 Å². The van der Waals surface area contributed by atoms with Crippen LogP contribution < -0.4 is 10.1 Å². The van der Waals surface area contributed by atoms with Crippen LogP contribution in [0.2, 0.25) is 0 Å². The van der Waals surface area contributed by atoms with E-state index in [1.165, 1.54) is 5.56 Å². The zero-order chi connectivity index (χ0) is 17.9. The van der Waals surface area contributed by atoms with Crippen molar-refractivity contribution < 1.29 is 14.3 Å². The Kier molecular flexibility index (Phi) is 8.05. The maximum atomic E-state index is 12.1. The third kappa shape index (κ3) is 7.01. The maximum absolute atomic E-state index is 12.1. The second kappa shape index (κ2) is 10.6. The molecular formula is C20H23NO3S. The monoisotopic (exact) mass is 357 g/mol. The minimum absolute atomic E-state index is 0.0312. The van der Waals surface area contributed by atoms with E-state index in [0.29, 0.717) is 17.9 Å². The highest BCUT2D eigenvalue weighted by molar-refractivity contribution is 7.98. The number of nitrogens with one attached hydrogen (secondary N) is 1. The lowest BCUT2D eigenvalue weighted by Gasteiger charge is -2.06. The van der Waals surface area contributed by atoms with Gasteiger partial charge in [0.1, 0.15) is 5.75 Å². The van der Waals surface area contributed by atoms with Crippen molar-refractivity contribution in [2.75, 3.05) is 19.4 Å². The van der Waals surface area contributed by atoms with Crippen LogP contribution in [-0.2, 0) is 10.5 Å². The summed E-state index contributed by atoms with van der Waals surface area (Å²) in [5, 5.41) is 2.86. The molecular weight excluding hydrogens is 334 g/mol. The first-order valence-electron chi connectivity index (χ1n) is 8.24. The lowest BCUT2D eigenvalue weighted by molar-refractivity contribution is -0.120. The second-order valence-electron chi connectivity index (χ2n) is 5.54. The fraction of sp³-hybridized carbons (Fsp3) is 0.300. The number of benzene rings is 2. The van der Waals surface area contributed by atoms with E-state index in [1.807, 2.05) is 18.2 Å². The smallest absolute Gasteiger partial charge is 0.220 e. The van der Waals surface area contributed by atoms with Gasteiger partial charge in [0.2, 0.25) is 5.91 Å². The molecule has 0 heterocycles. The lowest BCUT2D eigenvalue weighted by Crippen LogP contribution is -2.26. The van der Waals surface area contributed by atoms with Gasteiger partial charge in [0.05, 0.1) is 7.11 Å². The molecule has 0 fully saturated rings. The molecule has 25 heavy (non-hydrogen) atoms. The standard InChI is InChI=1S/C20H23NO3S/c1-24-18-9-7-17(8-10-18)19(22)11-12-20(23)21-13-14-25-15-16-5-3-2-4-6-16/h2-10H,11-15H2,1H3,(H,21,23). The van der Waals surface area contributed by atoms with Crippen LogP contribution in [0.15, 0.2) is 54.6 Å². The van der Waals surface area contributed by atoms with Crippen LogP contribution in [0.25, 0.3) is 0 Å². The molecule has 0 unspecified atom stereocenters. The molecule has 1 N–H and O–H groups in total. The van der Waals surface area contributed by atoms with Gasteiger partial charge < -0.3 is 10.1 Å². The summed E-state index contributed by atoms with van der Waals surface area (Å²) >= 11 is 1.78. The minimum atomic E-state index is -0.0813. The van der Waals surface area contributed by atoms with Crippen molar-refractivity contribution in [3.8, 4) is 5.75 Å². The molecule has 0 aromatic heterocycles. The number of Topliss-reactive ketones (excluding diaryl/α,β-unsaturated/α-hetero) is 1. The third-order valence-electron chi connectivity index (χ3n) is 3.67. The summed E-state index contributed by atoms with van der Waals surface area (Å²) < 4.78 is 5.06. The number of thioether (sulfide) groups is 1. The Morgan fingerprint density at radius 1 is 1.00 bits per heavy atom. The first kappa shape index (κ1) is 19.1. The van der Waals surface area contributed by atoms with Crippen LogP contribution >= 0.6 is 11.8 Å². The van der Waals surface area contributed by atoms with E-state index in [1.54, 1.807) is 43.1 Å². The SMILES string of the molecule is COc1ccc(C(=O)CCC(=O)NCCSCc2ccccc2)cc1. The molecule has 0 atom stereocenters. The first-order chi connectivity index (χ1) is 12.2. The molecule has 0 saturated carbocycles. The molecule has 0 aliphatic heterocycles. The Morgan fingerprint density at radius 2 is 1.72 bits per heavy atom. The number of rotatable bonds is 10. The Hall–Kier alpha value is -2.27. The van der Waals surface area contributed by atoms with E-state index < -0.39 is 0 Å². The lowest BCUT2D eigenvalue weighted by atomic mass is 10.1. The number of carbonyl (C=O) groups is 2. The maximum Gasteiger partial charge on any atom is 0.220 e. The fourth-order valence-corrected chi connectivity index (χ4v) is 3.08.